The van der Waals surface area contributed by atoms with Gasteiger partial charge in [0.25, 0.3) is 5.91 Å². The van der Waals surface area contributed by atoms with Crippen LogP contribution < -0.4 is 4.74 Å². The number of carbonyl (C=O) groups excluding carboxylic acids is 1. The van der Waals surface area contributed by atoms with Crippen LogP contribution >= 0.6 is 0 Å². The Kier molecular flexibility index (Phi) is 4.80. The van der Waals surface area contributed by atoms with Gasteiger partial charge in [0.1, 0.15) is 6.04 Å². The minimum atomic E-state index is -1.14. The number of rotatable bonds is 5. The summed E-state index contributed by atoms with van der Waals surface area (Å²) in [5.41, 5.74) is -0.326. The Balaban J connectivity index is 2.34. The number of nitro benzene ring substituents is 1. The first kappa shape index (κ1) is 16.7. The second-order valence-corrected chi connectivity index (χ2v) is 5.05. The Hall–Kier alpha value is -2.68. The zero-order chi connectivity index (χ0) is 17.1. The van der Waals surface area contributed by atoms with E-state index in [1.165, 1.54) is 26.4 Å². The van der Waals surface area contributed by atoms with Gasteiger partial charge in [0, 0.05) is 31.7 Å². The van der Waals surface area contributed by atoms with Crippen LogP contribution in [-0.4, -0.2) is 59.7 Å². The van der Waals surface area contributed by atoms with Crippen LogP contribution in [0, 0.1) is 10.1 Å². The molecule has 2 atom stereocenters. The minimum Gasteiger partial charge on any atom is -0.490 e. The molecule has 1 aromatic carbocycles. The summed E-state index contributed by atoms with van der Waals surface area (Å²) in [6, 6.07) is 2.74. The Bertz CT molecular complexity index is 646. The first-order valence-electron chi connectivity index (χ1n) is 6.78. The van der Waals surface area contributed by atoms with Gasteiger partial charge in [-0.05, 0) is 12.1 Å². The van der Waals surface area contributed by atoms with Gasteiger partial charge in [-0.2, -0.15) is 0 Å². The second-order valence-electron chi connectivity index (χ2n) is 5.05. The number of carboxylic acid groups (broad SMARTS) is 1. The van der Waals surface area contributed by atoms with Crippen molar-refractivity contribution in [2.45, 2.75) is 18.6 Å². The molecule has 2 rings (SSSR count). The van der Waals surface area contributed by atoms with E-state index in [1.807, 2.05) is 0 Å². The highest BCUT2D eigenvalue weighted by Gasteiger charge is 2.40. The highest BCUT2D eigenvalue weighted by atomic mass is 16.6. The smallest absolute Gasteiger partial charge is 0.326 e. The molecular weight excluding hydrogens is 308 g/mol. The largest absolute Gasteiger partial charge is 0.490 e. The lowest BCUT2D eigenvalue weighted by Gasteiger charge is -2.21. The molecule has 0 radical (unpaired) electrons. The third kappa shape index (κ3) is 3.24. The Morgan fingerprint density at radius 1 is 1.39 bits per heavy atom. The van der Waals surface area contributed by atoms with E-state index in [2.05, 4.69) is 0 Å². The van der Waals surface area contributed by atoms with E-state index >= 15 is 0 Å². The van der Waals surface area contributed by atoms with E-state index in [1.54, 1.807) is 0 Å². The fourth-order valence-corrected chi connectivity index (χ4v) is 2.56. The average Bonchev–Trinajstić information content (AvgIpc) is 2.98. The van der Waals surface area contributed by atoms with E-state index in [9.17, 15) is 24.8 Å². The molecule has 0 aromatic heterocycles. The van der Waals surface area contributed by atoms with Gasteiger partial charge in [0.15, 0.2) is 5.75 Å². The van der Waals surface area contributed by atoms with Crippen molar-refractivity contribution >= 4 is 17.6 Å². The fraction of sp³-hybridized carbons (Fsp3) is 0.429. The van der Waals surface area contributed by atoms with E-state index in [0.29, 0.717) is 0 Å². The topological polar surface area (TPSA) is 119 Å². The highest BCUT2D eigenvalue weighted by molar-refractivity contribution is 5.97. The van der Waals surface area contributed by atoms with Crippen molar-refractivity contribution in [3.63, 3.8) is 0 Å². The van der Waals surface area contributed by atoms with Gasteiger partial charge in [0.2, 0.25) is 0 Å². The predicted molar refractivity (Wildman–Crippen MR) is 77.5 cm³/mol. The van der Waals surface area contributed by atoms with Crippen LogP contribution in [0.4, 0.5) is 5.69 Å². The molecule has 0 saturated carbocycles. The number of amides is 1. The van der Waals surface area contributed by atoms with Crippen LogP contribution in [0.5, 0.6) is 5.75 Å². The molecule has 1 N–H and O–H groups in total. The number of hydrogen-bond acceptors (Lipinski definition) is 6. The molecule has 1 fully saturated rings. The maximum absolute atomic E-state index is 12.5. The molecule has 124 valence electrons. The first-order valence-corrected chi connectivity index (χ1v) is 6.78. The zero-order valence-corrected chi connectivity index (χ0v) is 12.6. The number of nitrogens with zero attached hydrogens (tertiary/aromatic N) is 2. The molecule has 1 amide bonds. The summed E-state index contributed by atoms with van der Waals surface area (Å²) in [5, 5.41) is 20.3. The van der Waals surface area contributed by atoms with E-state index in [4.69, 9.17) is 9.47 Å². The molecule has 9 heteroatoms. The molecule has 9 nitrogen and oxygen atoms in total. The van der Waals surface area contributed by atoms with Crippen LogP contribution in [0.3, 0.4) is 0 Å². The summed E-state index contributed by atoms with van der Waals surface area (Å²) in [6.45, 7) is 0.117. The molecule has 2 unspecified atom stereocenters. The van der Waals surface area contributed by atoms with Crippen molar-refractivity contribution in [2.24, 2.45) is 0 Å². The number of carboxylic acids is 1. The number of ether oxygens (including phenoxy) is 2. The Morgan fingerprint density at radius 3 is 2.61 bits per heavy atom. The lowest BCUT2D eigenvalue weighted by Crippen LogP contribution is -2.40. The summed E-state index contributed by atoms with van der Waals surface area (Å²) < 4.78 is 10.0. The third-order valence-electron chi connectivity index (χ3n) is 3.76. The van der Waals surface area contributed by atoms with Gasteiger partial charge in [-0.25, -0.2) is 4.79 Å². The summed E-state index contributed by atoms with van der Waals surface area (Å²) >= 11 is 0. The van der Waals surface area contributed by atoms with Gasteiger partial charge in [-0.1, -0.05) is 0 Å². The van der Waals surface area contributed by atoms with Crippen molar-refractivity contribution in [3.05, 3.63) is 33.9 Å². The third-order valence-corrected chi connectivity index (χ3v) is 3.76. The predicted octanol–water partition coefficient (Wildman–Crippen LogP) is 0.917. The number of benzene rings is 1. The summed E-state index contributed by atoms with van der Waals surface area (Å²) in [7, 11) is 2.73. The summed E-state index contributed by atoms with van der Waals surface area (Å²) in [5.74, 6) is -1.71. The monoisotopic (exact) mass is 324 g/mol. The van der Waals surface area contributed by atoms with Crippen LogP contribution in [0.15, 0.2) is 18.2 Å². The quantitative estimate of drug-likeness (QED) is 0.631. The number of hydrogen-bond donors (Lipinski definition) is 1. The normalized spacial score (nSPS) is 20.3. The minimum absolute atomic E-state index is 0.0255. The average molecular weight is 324 g/mol. The SMILES string of the molecule is COc1ccc(C(=O)N2CC(OC)CC2C(=O)O)cc1[N+](=O)[O-]. The molecule has 0 bridgehead atoms. The lowest BCUT2D eigenvalue weighted by atomic mass is 10.1. The Morgan fingerprint density at radius 2 is 2.09 bits per heavy atom. The lowest BCUT2D eigenvalue weighted by molar-refractivity contribution is -0.385. The molecule has 23 heavy (non-hydrogen) atoms. The fourth-order valence-electron chi connectivity index (χ4n) is 2.56. The number of nitro groups is 1. The molecule has 0 spiro atoms. The number of aliphatic carboxylic acids is 1. The van der Waals surface area contributed by atoms with Crippen LogP contribution in [0.2, 0.25) is 0 Å². The summed E-state index contributed by atoms with van der Waals surface area (Å²) in [6.07, 6.45) is -0.205. The molecular formula is C14H16N2O7. The van der Waals surface area contributed by atoms with Gasteiger partial charge in [0.05, 0.1) is 18.1 Å². The molecule has 1 aromatic rings. The molecule has 1 aliphatic rings. The van der Waals surface area contributed by atoms with Gasteiger partial charge >= 0.3 is 11.7 Å². The standard InChI is InChI=1S/C14H16N2O7/c1-22-9-6-11(14(18)19)15(7-9)13(17)8-3-4-12(23-2)10(5-8)16(20)21/h3-5,9,11H,6-7H2,1-2H3,(H,18,19). The molecule has 0 aliphatic carbocycles. The second kappa shape index (κ2) is 6.61. The van der Waals surface area contributed by atoms with Crippen LogP contribution in [-0.2, 0) is 9.53 Å². The molecule has 1 saturated heterocycles. The van der Waals surface area contributed by atoms with Gasteiger partial charge < -0.3 is 19.5 Å². The van der Waals surface area contributed by atoms with Gasteiger partial charge in [-0.15, -0.1) is 0 Å². The van der Waals surface area contributed by atoms with E-state index in [-0.39, 0.29) is 36.1 Å². The molecule has 1 heterocycles. The number of carbonyl (C=O) groups is 2. The first-order chi connectivity index (χ1) is 10.9. The summed E-state index contributed by atoms with van der Waals surface area (Å²) in [4.78, 5) is 35.4. The maximum atomic E-state index is 12.5. The van der Waals surface area contributed by atoms with Crippen molar-refractivity contribution in [3.8, 4) is 5.75 Å². The highest BCUT2D eigenvalue weighted by Crippen LogP contribution is 2.29. The number of methoxy groups -OCH3 is 2. The van der Waals surface area contributed by atoms with E-state index < -0.39 is 22.8 Å². The van der Waals surface area contributed by atoms with Crippen molar-refractivity contribution in [1.82, 2.24) is 4.90 Å². The van der Waals surface area contributed by atoms with Crippen molar-refractivity contribution in [2.75, 3.05) is 20.8 Å². The Labute approximate surface area is 131 Å². The zero-order valence-electron chi connectivity index (χ0n) is 12.6. The van der Waals surface area contributed by atoms with Gasteiger partial charge in [-0.3, -0.25) is 14.9 Å². The van der Waals surface area contributed by atoms with Crippen molar-refractivity contribution < 1.29 is 29.1 Å². The van der Waals surface area contributed by atoms with Crippen LogP contribution in [0.25, 0.3) is 0 Å². The van der Waals surface area contributed by atoms with Crippen LogP contribution in [0.1, 0.15) is 16.8 Å². The maximum Gasteiger partial charge on any atom is 0.326 e. The van der Waals surface area contributed by atoms with E-state index in [0.717, 1.165) is 11.0 Å². The number of likely N-dealkylation sites (tertiary alicyclic amines) is 1. The van der Waals surface area contributed by atoms with Crippen molar-refractivity contribution in [1.29, 1.82) is 0 Å². The molecule has 1 aliphatic heterocycles.